The lowest BCUT2D eigenvalue weighted by atomic mass is 10.1. The van der Waals surface area contributed by atoms with Crippen LogP contribution >= 0.6 is 6.92 Å². The zero-order valence-electron chi connectivity index (χ0n) is 6.65. The lowest BCUT2D eigenvalue weighted by molar-refractivity contribution is 0.631. The molecule has 0 N–H and O–H groups in total. The van der Waals surface area contributed by atoms with Crippen molar-refractivity contribution in [3.8, 4) is 11.8 Å². The molecule has 1 aromatic rings. The van der Waals surface area contributed by atoms with Gasteiger partial charge in [-0.05, 0) is 12.1 Å². The van der Waals surface area contributed by atoms with Gasteiger partial charge in [-0.1, -0.05) is 23.9 Å². The van der Waals surface area contributed by atoms with Gasteiger partial charge in [0.25, 0.3) is 0 Å². The Balaban J connectivity index is 2.63. The number of nitriles is 1. The van der Waals surface area contributed by atoms with Crippen molar-refractivity contribution in [2.24, 2.45) is 0 Å². The molecule has 0 fully saturated rings. The van der Waals surface area contributed by atoms with Gasteiger partial charge in [0.1, 0.15) is 18.7 Å². The fourth-order valence-corrected chi connectivity index (χ4v) is 2.74. The van der Waals surface area contributed by atoms with Crippen molar-refractivity contribution in [2.75, 3.05) is 0 Å². The number of rotatable bonds is 0. The highest BCUT2D eigenvalue weighted by Gasteiger charge is 2.14. The van der Waals surface area contributed by atoms with Gasteiger partial charge in [0.2, 0.25) is 0 Å². The molecule has 1 aromatic carbocycles. The van der Waals surface area contributed by atoms with E-state index in [1.165, 1.54) is 0 Å². The summed E-state index contributed by atoms with van der Waals surface area (Å²) in [6.07, 6.45) is 0. The maximum absolute atomic E-state index is 8.85. The van der Waals surface area contributed by atoms with Crippen LogP contribution in [0.25, 0.3) is 5.57 Å². The lowest BCUT2D eigenvalue weighted by Gasteiger charge is -2.15. The van der Waals surface area contributed by atoms with Crippen molar-refractivity contribution in [1.29, 1.82) is 5.26 Å². The summed E-state index contributed by atoms with van der Waals surface area (Å²) in [7, 11) is 0. The third kappa shape index (κ3) is 1.51. The Kier molecular flexibility index (Phi) is 2.18. The number of hydrogen-bond donors (Lipinski definition) is 0. The third-order valence-corrected chi connectivity index (χ3v) is 3.32. The molecule has 1 atom stereocenters. The second-order valence-corrected chi connectivity index (χ2v) is 4.93. The van der Waals surface area contributed by atoms with Crippen molar-refractivity contribution in [2.45, 2.75) is 0 Å². The van der Waals surface area contributed by atoms with Crippen molar-refractivity contribution in [1.82, 2.24) is 0 Å². The molecule has 0 saturated heterocycles. The van der Waals surface area contributed by atoms with E-state index >= 15 is 0 Å². The zero-order chi connectivity index (χ0) is 9.26. The Labute approximate surface area is 82.0 Å². The van der Waals surface area contributed by atoms with E-state index in [4.69, 9.17) is 21.6 Å². The molecule has 0 aromatic heterocycles. The van der Waals surface area contributed by atoms with Gasteiger partial charge in [0, 0.05) is 11.4 Å². The van der Waals surface area contributed by atoms with E-state index in [0.29, 0.717) is 5.57 Å². The van der Waals surface area contributed by atoms with Crippen LogP contribution < -0.4 is 4.52 Å². The first-order valence-electron chi connectivity index (χ1n) is 3.74. The summed E-state index contributed by atoms with van der Waals surface area (Å²) in [6.45, 7) is -1.37. The predicted octanol–water partition coefficient (Wildman–Crippen LogP) is 2.53. The van der Waals surface area contributed by atoms with Gasteiger partial charge in [-0.3, -0.25) is 0 Å². The maximum Gasteiger partial charge on any atom is 0.132 e. The van der Waals surface area contributed by atoms with E-state index in [1.54, 1.807) is 5.82 Å². The Morgan fingerprint density at radius 1 is 1.38 bits per heavy atom. The largest absolute Gasteiger partial charge is 0.465 e. The maximum atomic E-state index is 8.85. The van der Waals surface area contributed by atoms with Gasteiger partial charge in [-0.15, -0.1) is 0 Å². The summed E-state index contributed by atoms with van der Waals surface area (Å²) < 4.78 is 5.45. The molecule has 4 heteroatoms. The molecule has 1 heterocycles. The summed E-state index contributed by atoms with van der Waals surface area (Å²) in [5.41, 5.74) is 1.49. The quantitative estimate of drug-likeness (QED) is 0.613. The number of hydrogen-bond acceptors (Lipinski definition) is 3. The minimum absolute atomic E-state index is 0.644. The zero-order valence-corrected chi connectivity index (χ0v) is 8.47. The Morgan fingerprint density at radius 2 is 2.15 bits per heavy atom. The first-order chi connectivity index (χ1) is 6.31. The minimum Gasteiger partial charge on any atom is -0.465 e. The Bertz CT molecular complexity index is 447. The number of para-hydroxylation sites is 1. The van der Waals surface area contributed by atoms with E-state index < -0.39 is 6.92 Å². The predicted molar refractivity (Wildman–Crippen MR) is 56.3 cm³/mol. The van der Waals surface area contributed by atoms with Gasteiger partial charge in [0.05, 0.1) is 5.57 Å². The number of fused-ring (bicyclic) bond motifs is 1. The SMILES string of the molecule is N#CC1=C[PH](=S)Oc2ccccc21. The monoisotopic (exact) mass is 207 g/mol. The highest BCUT2D eigenvalue weighted by atomic mass is 32.4. The van der Waals surface area contributed by atoms with Gasteiger partial charge >= 0.3 is 0 Å². The van der Waals surface area contributed by atoms with Gasteiger partial charge in [-0.25, -0.2) is 0 Å². The molecule has 1 unspecified atom stereocenters. The molecule has 2 nitrogen and oxygen atoms in total. The van der Waals surface area contributed by atoms with E-state index in [0.717, 1.165) is 11.3 Å². The number of nitrogens with zero attached hydrogens (tertiary/aromatic N) is 1. The van der Waals surface area contributed by atoms with Crippen molar-refractivity contribution < 1.29 is 4.52 Å². The molecular weight excluding hydrogens is 201 g/mol. The number of benzene rings is 1. The summed E-state index contributed by atoms with van der Waals surface area (Å²) in [5.74, 6) is 2.49. The highest BCUT2D eigenvalue weighted by Crippen LogP contribution is 2.41. The second-order valence-electron chi connectivity index (χ2n) is 2.59. The fraction of sp³-hybridized carbons (Fsp3) is 0. The van der Waals surface area contributed by atoms with Crippen LogP contribution in [0.4, 0.5) is 0 Å². The van der Waals surface area contributed by atoms with Crippen molar-refractivity contribution in [3.63, 3.8) is 0 Å². The summed E-state index contributed by atoms with van der Waals surface area (Å²) in [5, 5.41) is 8.85. The first-order valence-corrected chi connectivity index (χ1v) is 6.36. The molecule has 1 aliphatic rings. The molecular formula is C9H6NOPS. The third-order valence-electron chi connectivity index (χ3n) is 1.77. The van der Waals surface area contributed by atoms with Crippen LogP contribution in [0.5, 0.6) is 5.75 Å². The summed E-state index contributed by atoms with van der Waals surface area (Å²) in [4.78, 5) is 0. The van der Waals surface area contributed by atoms with Crippen LogP contribution in [0.2, 0.25) is 0 Å². The molecule has 1 aliphatic heterocycles. The molecule has 0 spiro atoms. The van der Waals surface area contributed by atoms with Crippen LogP contribution in [-0.2, 0) is 11.8 Å². The molecule has 0 bridgehead atoms. The Hall–Kier alpha value is -1.10. The van der Waals surface area contributed by atoms with Gasteiger partial charge in [-0.2, -0.15) is 5.26 Å². The van der Waals surface area contributed by atoms with E-state index in [-0.39, 0.29) is 0 Å². The molecule has 13 heavy (non-hydrogen) atoms. The molecule has 0 amide bonds. The minimum atomic E-state index is -1.37. The van der Waals surface area contributed by atoms with Crippen LogP contribution in [-0.4, -0.2) is 0 Å². The highest BCUT2D eigenvalue weighted by molar-refractivity contribution is 8.04. The number of allylic oxidation sites excluding steroid dienone is 1. The van der Waals surface area contributed by atoms with Gasteiger partial charge in [0.15, 0.2) is 0 Å². The molecule has 2 rings (SSSR count). The normalized spacial score (nSPS) is 19.3. The average molecular weight is 207 g/mol. The first kappa shape index (κ1) is 8.50. The van der Waals surface area contributed by atoms with Crippen LogP contribution in [0.15, 0.2) is 30.1 Å². The average Bonchev–Trinajstić information content (AvgIpc) is 2.16. The fourth-order valence-electron chi connectivity index (χ4n) is 1.20. The second kappa shape index (κ2) is 3.33. The lowest BCUT2D eigenvalue weighted by Crippen LogP contribution is -1.92. The van der Waals surface area contributed by atoms with E-state index in [1.807, 2.05) is 24.3 Å². The van der Waals surface area contributed by atoms with Crippen LogP contribution in [0.1, 0.15) is 5.56 Å². The molecule has 0 radical (unpaired) electrons. The van der Waals surface area contributed by atoms with Crippen molar-refractivity contribution in [3.05, 3.63) is 35.6 Å². The standard InChI is InChI=1S/C9H6NOPS/c10-5-7-6-12(13)11-9-4-2-1-3-8(7)9/h1-4,6,12H. The Morgan fingerprint density at radius 3 is 2.92 bits per heavy atom. The van der Waals surface area contributed by atoms with E-state index in [9.17, 15) is 0 Å². The van der Waals surface area contributed by atoms with Crippen LogP contribution in [0, 0.1) is 11.3 Å². The molecule has 64 valence electrons. The smallest absolute Gasteiger partial charge is 0.132 e. The van der Waals surface area contributed by atoms with Gasteiger partial charge < -0.3 is 4.52 Å². The summed E-state index contributed by atoms with van der Waals surface area (Å²) in [6, 6.07) is 9.61. The van der Waals surface area contributed by atoms with Crippen LogP contribution in [0.3, 0.4) is 0 Å². The topological polar surface area (TPSA) is 33.0 Å². The van der Waals surface area contributed by atoms with E-state index in [2.05, 4.69) is 6.07 Å². The molecule has 0 saturated carbocycles. The molecule has 0 aliphatic carbocycles. The summed E-state index contributed by atoms with van der Waals surface area (Å²) >= 11 is 5.06. The van der Waals surface area contributed by atoms with Crippen molar-refractivity contribution >= 4 is 24.3 Å².